The maximum absolute atomic E-state index is 13.9. The lowest BCUT2D eigenvalue weighted by Gasteiger charge is -2.32. The van der Waals surface area contributed by atoms with E-state index in [0.717, 1.165) is 27.4 Å². The maximum Gasteiger partial charge on any atom is 0.233 e. The first-order chi connectivity index (χ1) is 15.4. The third kappa shape index (κ3) is 3.47. The Kier molecular flexibility index (Phi) is 5.03. The van der Waals surface area contributed by atoms with Gasteiger partial charge in [0.15, 0.2) is 11.6 Å². The van der Waals surface area contributed by atoms with Crippen molar-refractivity contribution in [2.24, 2.45) is 0 Å². The first-order valence-corrected chi connectivity index (χ1v) is 10.4. The van der Waals surface area contributed by atoms with Crippen LogP contribution in [0.5, 0.6) is 5.75 Å². The van der Waals surface area contributed by atoms with Gasteiger partial charge in [0.1, 0.15) is 0 Å². The van der Waals surface area contributed by atoms with Crippen LogP contribution in [0.3, 0.4) is 0 Å². The zero-order chi connectivity index (χ0) is 22.4. The largest absolute Gasteiger partial charge is 0.505 e. The summed E-state index contributed by atoms with van der Waals surface area (Å²) in [6.07, 6.45) is -0.447. The van der Waals surface area contributed by atoms with Crippen LogP contribution in [0.15, 0.2) is 42.5 Å². The van der Waals surface area contributed by atoms with Gasteiger partial charge < -0.3 is 20.5 Å². The van der Waals surface area contributed by atoms with Crippen LogP contribution in [0.1, 0.15) is 28.6 Å². The van der Waals surface area contributed by atoms with Gasteiger partial charge in [-0.3, -0.25) is 14.7 Å². The van der Waals surface area contributed by atoms with Crippen LogP contribution in [0, 0.1) is 5.82 Å². The average Bonchev–Trinajstić information content (AvgIpc) is 3.16. The number of phenolic OH excluding ortho intramolecular Hbond substituents is 1. The number of carbonyl (C=O) groups is 1. The van der Waals surface area contributed by atoms with E-state index in [1.807, 2.05) is 29.2 Å². The molecule has 4 N–H and O–H groups in total. The number of likely N-dealkylation sites (N-methyl/N-ethyl adjacent to an activating group) is 1. The molecule has 4 aromatic rings. The fraction of sp³-hybridized carbons (Fsp3) is 0.250. The fourth-order valence-corrected chi connectivity index (χ4v) is 4.54. The van der Waals surface area contributed by atoms with Gasteiger partial charge in [0.2, 0.25) is 5.91 Å². The molecule has 3 heterocycles. The van der Waals surface area contributed by atoms with Gasteiger partial charge in [0, 0.05) is 48.4 Å². The minimum Gasteiger partial charge on any atom is -0.505 e. The number of carbonyl (C=O) groups excluding carboxylic acids is 1. The summed E-state index contributed by atoms with van der Waals surface area (Å²) in [4.78, 5) is 22.1. The molecular weight excluding hydrogens is 411 g/mol. The van der Waals surface area contributed by atoms with E-state index < -0.39 is 17.7 Å². The number of hydrogen-bond acceptors (Lipinski definition) is 5. The van der Waals surface area contributed by atoms with Crippen LogP contribution in [0.25, 0.3) is 21.8 Å². The van der Waals surface area contributed by atoms with E-state index in [1.54, 1.807) is 13.1 Å². The number of amides is 1. The van der Waals surface area contributed by atoms with Gasteiger partial charge in [0.25, 0.3) is 0 Å². The molecule has 1 atom stereocenters. The number of phenols is 1. The summed E-state index contributed by atoms with van der Waals surface area (Å²) in [6, 6.07) is 12.2. The van der Waals surface area contributed by atoms with Crippen LogP contribution < -0.4 is 5.32 Å². The molecule has 0 saturated carbocycles. The summed E-state index contributed by atoms with van der Waals surface area (Å²) in [5.41, 5.74) is 4.60. The number of aliphatic hydroxyl groups is 1. The van der Waals surface area contributed by atoms with E-state index in [-0.39, 0.29) is 12.5 Å². The highest BCUT2D eigenvalue weighted by Crippen LogP contribution is 2.38. The summed E-state index contributed by atoms with van der Waals surface area (Å²) in [6.45, 7) is 0.921. The molecule has 0 bridgehead atoms. The Hall–Kier alpha value is -3.49. The molecule has 1 aliphatic rings. The number of aromatic nitrogens is 2. The number of fused-ring (bicyclic) bond motifs is 5. The van der Waals surface area contributed by atoms with E-state index in [4.69, 9.17) is 4.98 Å². The number of aromatic amines is 1. The molecule has 2 aromatic heterocycles. The van der Waals surface area contributed by atoms with Crippen molar-refractivity contribution >= 4 is 27.7 Å². The Labute approximate surface area is 183 Å². The molecule has 164 valence electrons. The van der Waals surface area contributed by atoms with Crippen LogP contribution in [-0.2, 0) is 17.8 Å². The lowest BCUT2D eigenvalue weighted by Crippen LogP contribution is -2.41. The second-order valence-electron chi connectivity index (χ2n) is 8.16. The van der Waals surface area contributed by atoms with Gasteiger partial charge in [-0.15, -0.1) is 0 Å². The molecule has 8 heteroatoms. The van der Waals surface area contributed by atoms with Crippen molar-refractivity contribution in [2.75, 3.05) is 20.1 Å². The molecule has 7 nitrogen and oxygen atoms in total. The van der Waals surface area contributed by atoms with E-state index >= 15 is 0 Å². The zero-order valence-electron chi connectivity index (χ0n) is 17.5. The predicted octanol–water partition coefficient (Wildman–Crippen LogP) is 2.75. The normalized spacial score (nSPS) is 16.4. The molecule has 2 aromatic carbocycles. The Morgan fingerprint density at radius 2 is 2.12 bits per heavy atom. The van der Waals surface area contributed by atoms with Gasteiger partial charge in [-0.05, 0) is 23.8 Å². The standard InChI is InChI=1S/C24H23FN4O3/c1-26-21(32)12-29-10-18-23(20(31)11-29)22-14-4-2-3-5-16(14)28-24(22)17(27-18)9-13-6-7-19(30)15(25)8-13/h2-8,20,28,30-31H,9-12H2,1H3,(H,26,32). The predicted molar refractivity (Wildman–Crippen MR) is 119 cm³/mol. The molecule has 0 fully saturated rings. The average molecular weight is 434 g/mol. The summed E-state index contributed by atoms with van der Waals surface area (Å²) >= 11 is 0. The lowest BCUT2D eigenvalue weighted by molar-refractivity contribution is -0.122. The number of pyridine rings is 1. The molecule has 0 spiro atoms. The van der Waals surface area contributed by atoms with Gasteiger partial charge in [-0.1, -0.05) is 24.3 Å². The first kappa shape index (κ1) is 20.4. The molecule has 1 aliphatic heterocycles. The Bertz CT molecular complexity index is 1350. The van der Waals surface area contributed by atoms with Crippen molar-refractivity contribution in [1.29, 1.82) is 0 Å². The van der Waals surface area contributed by atoms with Gasteiger partial charge in [0.05, 0.1) is 29.6 Å². The SMILES string of the molecule is CNC(=O)CN1Cc2nc(Cc3ccc(O)c(F)c3)c3[nH]c4ccccc4c3c2C(O)C1. The minimum absolute atomic E-state index is 0.131. The van der Waals surface area contributed by atoms with Gasteiger partial charge in [-0.25, -0.2) is 4.39 Å². The van der Waals surface area contributed by atoms with E-state index in [2.05, 4.69) is 10.3 Å². The van der Waals surface area contributed by atoms with Crippen molar-refractivity contribution in [3.05, 3.63) is 70.8 Å². The third-order valence-corrected chi connectivity index (χ3v) is 6.01. The van der Waals surface area contributed by atoms with E-state index in [1.165, 1.54) is 12.1 Å². The number of H-pyrrole nitrogens is 1. The van der Waals surface area contributed by atoms with Crippen molar-refractivity contribution in [3.63, 3.8) is 0 Å². The van der Waals surface area contributed by atoms with Crippen molar-refractivity contribution in [3.8, 4) is 5.75 Å². The number of aromatic hydroxyl groups is 1. The van der Waals surface area contributed by atoms with Crippen molar-refractivity contribution in [1.82, 2.24) is 20.2 Å². The number of hydrogen-bond donors (Lipinski definition) is 4. The van der Waals surface area contributed by atoms with E-state index in [0.29, 0.717) is 36.5 Å². The number of aliphatic hydroxyl groups excluding tert-OH is 1. The van der Waals surface area contributed by atoms with Crippen molar-refractivity contribution < 1.29 is 19.4 Å². The Balaban J connectivity index is 1.68. The molecule has 0 aliphatic carbocycles. The Morgan fingerprint density at radius 3 is 2.91 bits per heavy atom. The maximum atomic E-state index is 13.9. The summed E-state index contributed by atoms with van der Waals surface area (Å²) in [5, 5.41) is 25.1. The first-order valence-electron chi connectivity index (χ1n) is 10.4. The van der Waals surface area contributed by atoms with Crippen LogP contribution in [0.4, 0.5) is 4.39 Å². The molecule has 0 radical (unpaired) electrons. The highest BCUT2D eigenvalue weighted by molar-refractivity contribution is 6.10. The summed E-state index contributed by atoms with van der Waals surface area (Å²) in [7, 11) is 1.58. The quantitative estimate of drug-likeness (QED) is 0.396. The number of nitrogens with one attached hydrogen (secondary N) is 2. The van der Waals surface area contributed by atoms with Gasteiger partial charge >= 0.3 is 0 Å². The number of para-hydroxylation sites is 1. The van der Waals surface area contributed by atoms with Crippen LogP contribution in [0.2, 0.25) is 0 Å². The monoisotopic (exact) mass is 434 g/mol. The highest BCUT2D eigenvalue weighted by atomic mass is 19.1. The van der Waals surface area contributed by atoms with E-state index in [9.17, 15) is 19.4 Å². The fourth-order valence-electron chi connectivity index (χ4n) is 4.54. The van der Waals surface area contributed by atoms with Crippen molar-refractivity contribution in [2.45, 2.75) is 19.1 Å². The number of nitrogens with zero attached hydrogens (tertiary/aromatic N) is 2. The number of benzene rings is 2. The molecular formula is C24H23FN4O3. The number of rotatable bonds is 4. The molecule has 1 amide bonds. The Morgan fingerprint density at radius 1 is 1.31 bits per heavy atom. The second-order valence-corrected chi connectivity index (χ2v) is 8.16. The van der Waals surface area contributed by atoms with Crippen LogP contribution >= 0.6 is 0 Å². The molecule has 5 rings (SSSR count). The van der Waals surface area contributed by atoms with Gasteiger partial charge in [-0.2, -0.15) is 0 Å². The summed E-state index contributed by atoms with van der Waals surface area (Å²) in [5.74, 6) is -1.20. The zero-order valence-corrected chi connectivity index (χ0v) is 17.5. The molecule has 1 unspecified atom stereocenters. The minimum atomic E-state index is -0.794. The third-order valence-electron chi connectivity index (χ3n) is 6.01. The smallest absolute Gasteiger partial charge is 0.233 e. The van der Waals surface area contributed by atoms with Crippen LogP contribution in [-0.4, -0.2) is 51.1 Å². The topological polar surface area (TPSA) is 101 Å². The summed E-state index contributed by atoms with van der Waals surface area (Å²) < 4.78 is 13.9. The molecule has 0 saturated heterocycles. The highest BCUT2D eigenvalue weighted by Gasteiger charge is 2.30. The number of halogens is 1. The second kappa shape index (κ2) is 7.89. The lowest BCUT2D eigenvalue weighted by atomic mass is 9.94. The molecule has 32 heavy (non-hydrogen) atoms. The number of β-amino-alcohol motifs (C(OH)–C–C–N with tert-alkyl or cyclic N) is 1.